The molecule has 13 heavy (non-hydrogen) atoms. The fourth-order valence-electron chi connectivity index (χ4n) is 2.23. The lowest BCUT2D eigenvalue weighted by Gasteiger charge is -2.28. The Balaban J connectivity index is 2.18. The van der Waals surface area contributed by atoms with E-state index in [9.17, 15) is 0 Å². The first kappa shape index (κ1) is 11.3. The molecule has 1 aliphatic rings. The number of hydrogen-bond donors (Lipinski definition) is 0. The molecule has 0 aliphatic heterocycles. The van der Waals surface area contributed by atoms with Crippen molar-refractivity contribution in [3.63, 3.8) is 0 Å². The van der Waals surface area contributed by atoms with Gasteiger partial charge in [0, 0.05) is 19.0 Å². The Kier molecular flexibility index (Phi) is 5.81. The van der Waals surface area contributed by atoms with E-state index in [4.69, 9.17) is 11.6 Å². The first-order valence-electron chi connectivity index (χ1n) is 5.65. The molecule has 1 saturated carbocycles. The second-order valence-corrected chi connectivity index (χ2v) is 4.46. The van der Waals surface area contributed by atoms with Crippen molar-refractivity contribution in [1.82, 2.24) is 4.90 Å². The first-order valence-corrected chi connectivity index (χ1v) is 6.18. The molecule has 0 atom stereocenters. The molecular formula is C11H22ClN. The van der Waals surface area contributed by atoms with Crippen molar-refractivity contribution in [2.24, 2.45) is 5.92 Å². The summed E-state index contributed by atoms with van der Waals surface area (Å²) in [6.07, 6.45) is 7.24. The molecule has 2 heteroatoms. The Morgan fingerprint density at radius 2 is 1.92 bits per heavy atom. The Labute approximate surface area is 87.4 Å². The van der Waals surface area contributed by atoms with Gasteiger partial charge in [-0.25, -0.2) is 0 Å². The predicted octanol–water partition coefficient (Wildman–Crippen LogP) is 3.13. The molecule has 0 bridgehead atoms. The van der Waals surface area contributed by atoms with Gasteiger partial charge in [0.25, 0.3) is 0 Å². The van der Waals surface area contributed by atoms with E-state index in [1.807, 2.05) is 0 Å². The molecule has 0 heterocycles. The van der Waals surface area contributed by atoms with Gasteiger partial charge >= 0.3 is 0 Å². The quantitative estimate of drug-likeness (QED) is 0.621. The Bertz CT molecular complexity index is 119. The lowest BCUT2D eigenvalue weighted by molar-refractivity contribution is 0.217. The highest BCUT2D eigenvalue weighted by molar-refractivity contribution is 6.18. The summed E-state index contributed by atoms with van der Waals surface area (Å²) in [4.78, 5) is 2.49. The van der Waals surface area contributed by atoms with Crippen molar-refractivity contribution in [3.05, 3.63) is 0 Å². The Hall–Kier alpha value is 0.250. The second kappa shape index (κ2) is 6.67. The van der Waals surface area contributed by atoms with Crippen LogP contribution in [0.4, 0.5) is 0 Å². The third-order valence-corrected chi connectivity index (χ3v) is 3.26. The molecule has 0 unspecified atom stereocenters. The van der Waals surface area contributed by atoms with Gasteiger partial charge in [-0.3, -0.25) is 0 Å². The van der Waals surface area contributed by atoms with E-state index in [1.165, 1.54) is 38.6 Å². The van der Waals surface area contributed by atoms with Crippen molar-refractivity contribution in [2.45, 2.75) is 39.0 Å². The van der Waals surface area contributed by atoms with Crippen LogP contribution in [0.3, 0.4) is 0 Å². The monoisotopic (exact) mass is 203 g/mol. The molecule has 0 N–H and O–H groups in total. The Morgan fingerprint density at radius 3 is 2.46 bits per heavy atom. The summed E-state index contributed by atoms with van der Waals surface area (Å²) in [5.74, 6) is 1.73. The van der Waals surface area contributed by atoms with Crippen LogP contribution in [-0.2, 0) is 0 Å². The zero-order valence-electron chi connectivity index (χ0n) is 8.77. The zero-order valence-corrected chi connectivity index (χ0v) is 9.52. The van der Waals surface area contributed by atoms with Crippen molar-refractivity contribution < 1.29 is 0 Å². The number of hydrogen-bond acceptors (Lipinski definition) is 1. The van der Waals surface area contributed by atoms with Crippen LogP contribution < -0.4 is 0 Å². The van der Waals surface area contributed by atoms with Crippen LogP contribution in [0.1, 0.15) is 39.0 Å². The van der Waals surface area contributed by atoms with E-state index < -0.39 is 0 Å². The van der Waals surface area contributed by atoms with Gasteiger partial charge < -0.3 is 4.90 Å². The minimum atomic E-state index is 0.778. The van der Waals surface area contributed by atoms with Gasteiger partial charge in [0.15, 0.2) is 0 Å². The van der Waals surface area contributed by atoms with Crippen LogP contribution in [0.5, 0.6) is 0 Å². The summed E-state index contributed by atoms with van der Waals surface area (Å²) in [5.41, 5.74) is 0. The molecule has 1 nitrogen and oxygen atoms in total. The molecule has 0 aromatic heterocycles. The molecule has 1 fully saturated rings. The number of rotatable bonds is 5. The molecular weight excluding hydrogens is 182 g/mol. The maximum Gasteiger partial charge on any atom is 0.0351 e. The maximum absolute atomic E-state index is 5.75. The van der Waals surface area contributed by atoms with Crippen LogP contribution in [0.2, 0.25) is 0 Å². The van der Waals surface area contributed by atoms with Crippen molar-refractivity contribution in [2.75, 3.05) is 25.5 Å². The predicted molar refractivity (Wildman–Crippen MR) is 59.4 cm³/mol. The standard InChI is InChI=1S/C11H22ClN/c1-2-13(9-8-12)10-11-6-4-3-5-7-11/h11H,2-10H2,1H3. The van der Waals surface area contributed by atoms with Crippen LogP contribution in [0.25, 0.3) is 0 Å². The van der Waals surface area contributed by atoms with E-state index in [0.717, 1.165) is 24.9 Å². The Morgan fingerprint density at radius 1 is 1.23 bits per heavy atom. The average molecular weight is 204 g/mol. The summed E-state index contributed by atoms with van der Waals surface area (Å²) >= 11 is 5.75. The summed E-state index contributed by atoms with van der Waals surface area (Å²) < 4.78 is 0. The molecule has 0 radical (unpaired) electrons. The zero-order chi connectivity index (χ0) is 9.52. The summed E-state index contributed by atoms with van der Waals surface area (Å²) in [6.45, 7) is 5.73. The van der Waals surface area contributed by atoms with Crippen molar-refractivity contribution in [1.29, 1.82) is 0 Å². The number of alkyl halides is 1. The van der Waals surface area contributed by atoms with E-state index >= 15 is 0 Å². The molecule has 1 aliphatic carbocycles. The molecule has 1 rings (SSSR count). The van der Waals surface area contributed by atoms with E-state index in [2.05, 4.69) is 11.8 Å². The van der Waals surface area contributed by atoms with Gasteiger partial charge in [0.05, 0.1) is 0 Å². The van der Waals surface area contributed by atoms with Crippen molar-refractivity contribution in [3.8, 4) is 0 Å². The third kappa shape index (κ3) is 4.33. The molecule has 78 valence electrons. The van der Waals surface area contributed by atoms with Gasteiger partial charge in [-0.05, 0) is 25.3 Å². The van der Waals surface area contributed by atoms with Crippen LogP contribution in [0.15, 0.2) is 0 Å². The number of nitrogens with zero attached hydrogens (tertiary/aromatic N) is 1. The smallest absolute Gasteiger partial charge is 0.0351 e. The third-order valence-electron chi connectivity index (χ3n) is 3.09. The molecule has 0 aromatic carbocycles. The maximum atomic E-state index is 5.75. The summed E-state index contributed by atoms with van der Waals surface area (Å²) in [7, 11) is 0. The van der Waals surface area contributed by atoms with Crippen LogP contribution in [-0.4, -0.2) is 30.4 Å². The fourth-order valence-corrected chi connectivity index (χ4v) is 2.47. The molecule has 0 saturated heterocycles. The first-order chi connectivity index (χ1) is 6.36. The van der Waals surface area contributed by atoms with Crippen LogP contribution >= 0.6 is 11.6 Å². The minimum Gasteiger partial charge on any atom is -0.302 e. The van der Waals surface area contributed by atoms with E-state index in [1.54, 1.807) is 0 Å². The van der Waals surface area contributed by atoms with Gasteiger partial charge in [0.2, 0.25) is 0 Å². The van der Waals surface area contributed by atoms with E-state index in [-0.39, 0.29) is 0 Å². The summed E-state index contributed by atoms with van der Waals surface area (Å²) in [5, 5.41) is 0. The molecule has 0 spiro atoms. The molecule has 0 aromatic rings. The average Bonchev–Trinajstić information content (AvgIpc) is 2.19. The van der Waals surface area contributed by atoms with Gasteiger partial charge in [-0.15, -0.1) is 11.6 Å². The highest BCUT2D eigenvalue weighted by atomic mass is 35.5. The lowest BCUT2D eigenvalue weighted by Crippen LogP contribution is -2.32. The SMILES string of the molecule is CCN(CCCl)CC1CCCCC1. The molecule has 0 amide bonds. The normalized spacial score (nSPS) is 19.6. The van der Waals surface area contributed by atoms with E-state index in [0.29, 0.717) is 0 Å². The highest BCUT2D eigenvalue weighted by Gasteiger charge is 2.15. The van der Waals surface area contributed by atoms with Gasteiger partial charge in [-0.1, -0.05) is 26.2 Å². The van der Waals surface area contributed by atoms with Gasteiger partial charge in [0.1, 0.15) is 0 Å². The van der Waals surface area contributed by atoms with Gasteiger partial charge in [-0.2, -0.15) is 0 Å². The minimum absolute atomic E-state index is 0.778. The fraction of sp³-hybridized carbons (Fsp3) is 1.00. The van der Waals surface area contributed by atoms with Crippen molar-refractivity contribution >= 4 is 11.6 Å². The summed E-state index contributed by atoms with van der Waals surface area (Å²) in [6, 6.07) is 0. The van der Waals surface area contributed by atoms with Crippen LogP contribution in [0, 0.1) is 5.92 Å². The number of halogens is 1. The second-order valence-electron chi connectivity index (χ2n) is 4.09. The highest BCUT2D eigenvalue weighted by Crippen LogP contribution is 2.24. The lowest BCUT2D eigenvalue weighted by atomic mass is 9.89. The largest absolute Gasteiger partial charge is 0.302 e. The topological polar surface area (TPSA) is 3.24 Å².